The van der Waals surface area contributed by atoms with E-state index in [9.17, 15) is 9.59 Å². The first kappa shape index (κ1) is 15.6. The molecule has 0 saturated carbocycles. The molecule has 0 radical (unpaired) electrons. The number of amides is 1. The van der Waals surface area contributed by atoms with Crippen LogP contribution in [0.3, 0.4) is 0 Å². The summed E-state index contributed by atoms with van der Waals surface area (Å²) in [6, 6.07) is 8.55. The summed E-state index contributed by atoms with van der Waals surface area (Å²) in [5, 5.41) is 16.6. The van der Waals surface area contributed by atoms with Crippen molar-refractivity contribution in [1.82, 2.24) is 15.1 Å². The smallest absolute Gasteiger partial charge is 0.308 e. The molecule has 1 fully saturated rings. The fraction of sp³-hybridized carbons (Fsp3) is 0.312. The summed E-state index contributed by atoms with van der Waals surface area (Å²) in [6.45, 7) is 2.19. The zero-order chi connectivity index (χ0) is 16.6. The minimum atomic E-state index is -0.867. The van der Waals surface area contributed by atoms with Crippen LogP contribution in [-0.2, 0) is 4.79 Å². The molecule has 1 aliphatic rings. The molecule has 23 heavy (non-hydrogen) atoms. The normalized spacial score (nSPS) is 20.7. The number of likely N-dealkylation sites (tertiary alicyclic amines) is 1. The molecule has 7 heteroatoms. The molecule has 2 unspecified atom stereocenters. The lowest BCUT2D eigenvalue weighted by Crippen LogP contribution is -2.37. The Morgan fingerprint density at radius 3 is 2.78 bits per heavy atom. The fourth-order valence-electron chi connectivity index (χ4n) is 2.95. The number of hydrogen-bond acceptors (Lipinski definition) is 3. The van der Waals surface area contributed by atoms with Crippen LogP contribution in [0.25, 0.3) is 11.3 Å². The first-order chi connectivity index (χ1) is 11.0. The predicted octanol–water partition coefficient (Wildman–Crippen LogP) is 2.67. The van der Waals surface area contributed by atoms with Gasteiger partial charge in [0.05, 0.1) is 16.6 Å². The molecule has 6 nitrogen and oxygen atoms in total. The zero-order valence-electron chi connectivity index (χ0n) is 12.5. The van der Waals surface area contributed by atoms with Crippen molar-refractivity contribution in [3.05, 3.63) is 41.0 Å². The Kier molecular flexibility index (Phi) is 4.09. The molecule has 120 valence electrons. The number of carbonyl (C=O) groups excluding carboxylic acids is 1. The number of hydrogen-bond donors (Lipinski definition) is 2. The van der Waals surface area contributed by atoms with Crippen LogP contribution >= 0.6 is 11.6 Å². The van der Waals surface area contributed by atoms with Gasteiger partial charge < -0.3 is 10.0 Å². The van der Waals surface area contributed by atoms with E-state index in [0.717, 1.165) is 5.56 Å². The summed E-state index contributed by atoms with van der Waals surface area (Å²) in [5.41, 5.74) is 1.65. The summed E-state index contributed by atoms with van der Waals surface area (Å²) in [5.74, 6) is -1.63. The Morgan fingerprint density at radius 1 is 1.39 bits per heavy atom. The molecule has 1 aliphatic heterocycles. The van der Waals surface area contributed by atoms with Crippen molar-refractivity contribution in [3.8, 4) is 11.3 Å². The van der Waals surface area contributed by atoms with Crippen molar-refractivity contribution in [2.45, 2.75) is 19.4 Å². The Hall–Kier alpha value is -2.34. The largest absolute Gasteiger partial charge is 0.481 e. The van der Waals surface area contributed by atoms with Crippen molar-refractivity contribution < 1.29 is 14.7 Å². The molecule has 0 bridgehead atoms. The number of aromatic amines is 1. The number of benzene rings is 1. The highest BCUT2D eigenvalue weighted by Gasteiger charge is 2.38. The summed E-state index contributed by atoms with van der Waals surface area (Å²) >= 11 is 6.14. The van der Waals surface area contributed by atoms with Gasteiger partial charge in [-0.2, -0.15) is 5.10 Å². The highest BCUT2D eigenvalue weighted by molar-refractivity contribution is 6.33. The van der Waals surface area contributed by atoms with Crippen molar-refractivity contribution in [2.24, 2.45) is 5.92 Å². The van der Waals surface area contributed by atoms with Crippen molar-refractivity contribution in [1.29, 1.82) is 0 Å². The summed E-state index contributed by atoms with van der Waals surface area (Å²) in [7, 11) is 0. The molecule has 2 aromatic rings. The molecule has 2 atom stereocenters. The van der Waals surface area contributed by atoms with Gasteiger partial charge in [0, 0.05) is 18.2 Å². The Bertz CT molecular complexity index is 759. The number of halogens is 1. The second-order valence-corrected chi connectivity index (χ2v) is 6.03. The minimum Gasteiger partial charge on any atom is -0.481 e. The SMILES string of the molecule is CC1C(C(=O)O)CCN1C(=O)c1cc(-c2ccccc2Cl)n[nH]1. The van der Waals surface area contributed by atoms with Gasteiger partial charge in [-0.15, -0.1) is 0 Å². The van der Waals surface area contributed by atoms with Crippen LogP contribution in [0.5, 0.6) is 0 Å². The lowest BCUT2D eigenvalue weighted by atomic mass is 10.0. The number of nitrogens with one attached hydrogen (secondary N) is 1. The Balaban J connectivity index is 1.82. The van der Waals surface area contributed by atoms with Crippen LogP contribution in [0, 0.1) is 5.92 Å². The quantitative estimate of drug-likeness (QED) is 0.904. The molecule has 1 amide bonds. The second kappa shape index (κ2) is 6.04. The minimum absolute atomic E-state index is 0.243. The zero-order valence-corrected chi connectivity index (χ0v) is 13.2. The fourth-order valence-corrected chi connectivity index (χ4v) is 3.18. The average molecular weight is 334 g/mol. The van der Waals surface area contributed by atoms with E-state index in [4.69, 9.17) is 16.7 Å². The number of carbonyl (C=O) groups is 2. The molecule has 1 aromatic heterocycles. The number of rotatable bonds is 3. The van der Waals surface area contributed by atoms with Crippen molar-refractivity contribution in [3.63, 3.8) is 0 Å². The van der Waals surface area contributed by atoms with Crippen LogP contribution < -0.4 is 0 Å². The van der Waals surface area contributed by atoms with Crippen LogP contribution in [-0.4, -0.2) is 44.7 Å². The van der Waals surface area contributed by atoms with Gasteiger partial charge in [-0.05, 0) is 25.5 Å². The number of aromatic nitrogens is 2. The number of carboxylic acids is 1. The van der Waals surface area contributed by atoms with Gasteiger partial charge >= 0.3 is 5.97 Å². The second-order valence-electron chi connectivity index (χ2n) is 5.62. The van der Waals surface area contributed by atoms with E-state index in [-0.39, 0.29) is 11.9 Å². The van der Waals surface area contributed by atoms with Crippen LogP contribution in [0.1, 0.15) is 23.8 Å². The maximum absolute atomic E-state index is 12.6. The van der Waals surface area contributed by atoms with E-state index in [1.165, 1.54) is 0 Å². The lowest BCUT2D eigenvalue weighted by molar-refractivity contribution is -0.142. The standard InChI is InChI=1S/C16H16ClN3O3/c1-9-10(16(22)23)6-7-20(9)15(21)14-8-13(18-19-14)11-4-2-3-5-12(11)17/h2-5,8-10H,6-7H2,1H3,(H,18,19)(H,22,23). The molecule has 2 N–H and O–H groups in total. The van der Waals surface area contributed by atoms with E-state index in [0.29, 0.717) is 29.4 Å². The molecule has 0 spiro atoms. The average Bonchev–Trinajstić information content (AvgIpc) is 3.14. The monoisotopic (exact) mass is 333 g/mol. The summed E-state index contributed by atoms with van der Waals surface area (Å²) in [4.78, 5) is 25.3. The molecular formula is C16H16ClN3O3. The topological polar surface area (TPSA) is 86.3 Å². The van der Waals surface area contributed by atoms with Crippen molar-refractivity contribution in [2.75, 3.05) is 6.54 Å². The lowest BCUT2D eigenvalue weighted by Gasteiger charge is -2.22. The van der Waals surface area contributed by atoms with E-state index < -0.39 is 11.9 Å². The van der Waals surface area contributed by atoms with Gasteiger partial charge in [-0.1, -0.05) is 29.8 Å². The highest BCUT2D eigenvalue weighted by Crippen LogP contribution is 2.29. The Morgan fingerprint density at radius 2 is 2.13 bits per heavy atom. The molecule has 1 aromatic carbocycles. The first-order valence-electron chi connectivity index (χ1n) is 7.33. The van der Waals surface area contributed by atoms with E-state index in [2.05, 4.69) is 10.2 Å². The third-order valence-corrected chi connectivity index (χ3v) is 4.62. The first-order valence-corrected chi connectivity index (χ1v) is 7.71. The molecule has 1 saturated heterocycles. The van der Waals surface area contributed by atoms with Gasteiger partial charge in [0.25, 0.3) is 5.91 Å². The summed E-state index contributed by atoms with van der Waals surface area (Å²) < 4.78 is 0. The van der Waals surface area contributed by atoms with Gasteiger partial charge in [-0.3, -0.25) is 14.7 Å². The van der Waals surface area contributed by atoms with Crippen LogP contribution in [0.2, 0.25) is 5.02 Å². The van der Waals surface area contributed by atoms with Gasteiger partial charge in [0.15, 0.2) is 0 Å². The summed E-state index contributed by atoms with van der Waals surface area (Å²) in [6.07, 6.45) is 0.466. The molecule has 3 rings (SSSR count). The van der Waals surface area contributed by atoms with Crippen molar-refractivity contribution >= 4 is 23.5 Å². The number of aliphatic carboxylic acids is 1. The number of H-pyrrole nitrogens is 1. The van der Waals surface area contributed by atoms with Crippen LogP contribution in [0.15, 0.2) is 30.3 Å². The van der Waals surface area contributed by atoms with E-state index >= 15 is 0 Å². The van der Waals surface area contributed by atoms with Gasteiger partial charge in [-0.25, -0.2) is 0 Å². The van der Waals surface area contributed by atoms with E-state index in [1.54, 1.807) is 24.0 Å². The Labute approximate surface area is 138 Å². The van der Waals surface area contributed by atoms with Gasteiger partial charge in [0.2, 0.25) is 0 Å². The maximum atomic E-state index is 12.6. The van der Waals surface area contributed by atoms with E-state index in [1.807, 2.05) is 18.2 Å². The number of nitrogens with zero attached hydrogens (tertiary/aromatic N) is 2. The molecule has 2 heterocycles. The molecular weight excluding hydrogens is 318 g/mol. The third-order valence-electron chi connectivity index (χ3n) is 4.29. The maximum Gasteiger partial charge on any atom is 0.308 e. The number of carboxylic acid groups (broad SMARTS) is 1. The highest BCUT2D eigenvalue weighted by atomic mass is 35.5. The molecule has 0 aliphatic carbocycles. The predicted molar refractivity (Wildman–Crippen MR) is 85.3 cm³/mol. The van der Waals surface area contributed by atoms with Gasteiger partial charge in [0.1, 0.15) is 5.69 Å². The van der Waals surface area contributed by atoms with Crippen LogP contribution in [0.4, 0.5) is 0 Å². The third kappa shape index (κ3) is 2.82.